The fraction of sp³-hybridized carbons (Fsp3) is 1.00. The van der Waals surface area contributed by atoms with Crippen LogP contribution in [0.2, 0.25) is 0 Å². The fourth-order valence-corrected chi connectivity index (χ4v) is 2.34. The molecule has 3 nitrogen and oxygen atoms in total. The molecule has 3 heteroatoms. The van der Waals surface area contributed by atoms with Crippen molar-refractivity contribution in [2.75, 3.05) is 40.4 Å². The minimum Gasteiger partial charge on any atom is -0.381 e. The van der Waals surface area contributed by atoms with Gasteiger partial charge in [0, 0.05) is 31.2 Å². The number of hydrogen-bond donors (Lipinski definition) is 1. The second-order valence-corrected chi connectivity index (χ2v) is 5.01. The van der Waals surface area contributed by atoms with E-state index in [1.807, 2.05) is 7.05 Å². The van der Waals surface area contributed by atoms with Crippen LogP contribution in [0.4, 0.5) is 0 Å². The largest absolute Gasteiger partial charge is 0.381 e. The minimum absolute atomic E-state index is 0.340. The molecule has 1 heterocycles. The van der Waals surface area contributed by atoms with Gasteiger partial charge in [0.2, 0.25) is 0 Å². The molecule has 0 amide bonds. The molecule has 0 radical (unpaired) electrons. The molecule has 15 heavy (non-hydrogen) atoms. The summed E-state index contributed by atoms with van der Waals surface area (Å²) in [5.41, 5.74) is 0.340. The normalized spacial score (nSPS) is 28.6. The van der Waals surface area contributed by atoms with Gasteiger partial charge in [0.25, 0.3) is 0 Å². The highest BCUT2D eigenvalue weighted by Gasteiger charge is 2.35. The molecule has 1 aliphatic heterocycles. The van der Waals surface area contributed by atoms with Crippen molar-refractivity contribution in [3.63, 3.8) is 0 Å². The van der Waals surface area contributed by atoms with Crippen molar-refractivity contribution in [1.82, 2.24) is 10.2 Å². The van der Waals surface area contributed by atoms with E-state index in [0.29, 0.717) is 11.5 Å². The molecule has 0 spiro atoms. The lowest BCUT2D eigenvalue weighted by Gasteiger charge is -2.35. The molecule has 2 atom stereocenters. The summed E-state index contributed by atoms with van der Waals surface area (Å²) in [7, 11) is 4.26. The zero-order valence-electron chi connectivity index (χ0n) is 10.7. The smallest absolute Gasteiger partial charge is 0.0547 e. The molecule has 90 valence electrons. The number of hydrogen-bond acceptors (Lipinski definition) is 3. The van der Waals surface area contributed by atoms with E-state index >= 15 is 0 Å². The molecule has 0 aliphatic carbocycles. The van der Waals surface area contributed by atoms with Crippen molar-refractivity contribution >= 4 is 0 Å². The van der Waals surface area contributed by atoms with Gasteiger partial charge in [-0.3, -0.25) is 0 Å². The molecule has 1 aliphatic rings. The van der Waals surface area contributed by atoms with Gasteiger partial charge < -0.3 is 15.0 Å². The summed E-state index contributed by atoms with van der Waals surface area (Å²) in [4.78, 5) is 2.46. The van der Waals surface area contributed by atoms with Crippen LogP contribution in [-0.4, -0.2) is 51.3 Å². The molecule has 0 bridgehead atoms. The lowest BCUT2D eigenvalue weighted by Crippen LogP contribution is -2.45. The predicted molar refractivity (Wildman–Crippen MR) is 64.2 cm³/mol. The van der Waals surface area contributed by atoms with Crippen LogP contribution in [-0.2, 0) is 4.74 Å². The summed E-state index contributed by atoms with van der Waals surface area (Å²) in [6, 6.07) is 0.666. The Labute approximate surface area is 94.2 Å². The molecule has 1 N–H and O–H groups in total. The Hall–Kier alpha value is -0.120. The quantitative estimate of drug-likeness (QED) is 0.722. The summed E-state index contributed by atoms with van der Waals surface area (Å²) in [5.74, 6) is 0. The van der Waals surface area contributed by atoms with E-state index in [-0.39, 0.29) is 0 Å². The average molecular weight is 214 g/mol. The highest BCUT2D eigenvalue weighted by Crippen LogP contribution is 2.29. The average Bonchev–Trinajstić information content (AvgIpc) is 2.65. The van der Waals surface area contributed by atoms with Gasteiger partial charge in [-0.15, -0.1) is 0 Å². The van der Waals surface area contributed by atoms with Gasteiger partial charge >= 0.3 is 0 Å². The number of rotatable bonds is 6. The van der Waals surface area contributed by atoms with Crippen molar-refractivity contribution in [1.29, 1.82) is 0 Å². The molecule has 0 aromatic heterocycles. The monoisotopic (exact) mass is 214 g/mol. The highest BCUT2D eigenvalue weighted by atomic mass is 16.5. The van der Waals surface area contributed by atoms with Crippen molar-refractivity contribution in [2.45, 2.75) is 32.7 Å². The van der Waals surface area contributed by atoms with Crippen molar-refractivity contribution in [2.24, 2.45) is 5.41 Å². The van der Waals surface area contributed by atoms with Crippen LogP contribution in [0.5, 0.6) is 0 Å². The van der Waals surface area contributed by atoms with E-state index in [4.69, 9.17) is 4.74 Å². The molecule has 0 saturated carbocycles. The molecule has 0 aromatic carbocycles. The van der Waals surface area contributed by atoms with E-state index in [0.717, 1.165) is 26.3 Å². The highest BCUT2D eigenvalue weighted by molar-refractivity contribution is 4.88. The Morgan fingerprint density at radius 3 is 2.73 bits per heavy atom. The maximum absolute atomic E-state index is 5.56. The van der Waals surface area contributed by atoms with E-state index in [1.54, 1.807) is 0 Å². The van der Waals surface area contributed by atoms with E-state index < -0.39 is 0 Å². The molecule has 1 rings (SSSR count). The summed E-state index contributed by atoms with van der Waals surface area (Å²) < 4.78 is 5.56. The Morgan fingerprint density at radius 2 is 2.27 bits per heavy atom. The van der Waals surface area contributed by atoms with Crippen LogP contribution < -0.4 is 5.32 Å². The maximum atomic E-state index is 5.56. The summed E-state index contributed by atoms with van der Waals surface area (Å²) in [5, 5.41) is 3.31. The Balaban J connectivity index is 2.50. The summed E-state index contributed by atoms with van der Waals surface area (Å²) in [6.07, 6.45) is 2.40. The Bertz CT molecular complexity index is 178. The standard InChI is InChI=1S/C12H26N2O/c1-5-11(2)14(4)9-12(8-13-3)6-7-15-10-12/h11,13H,5-10H2,1-4H3. The molecule has 1 fully saturated rings. The first kappa shape index (κ1) is 12.9. The third-order valence-electron chi connectivity index (χ3n) is 3.66. The van der Waals surface area contributed by atoms with Gasteiger partial charge in [0.15, 0.2) is 0 Å². The van der Waals surface area contributed by atoms with Crippen LogP contribution in [0.3, 0.4) is 0 Å². The van der Waals surface area contributed by atoms with Crippen LogP contribution in [0.1, 0.15) is 26.7 Å². The third kappa shape index (κ3) is 3.44. The van der Waals surface area contributed by atoms with E-state index in [1.165, 1.54) is 12.8 Å². The van der Waals surface area contributed by atoms with Crippen molar-refractivity contribution < 1.29 is 4.74 Å². The van der Waals surface area contributed by atoms with Gasteiger partial charge in [-0.25, -0.2) is 0 Å². The molecule has 2 unspecified atom stereocenters. The van der Waals surface area contributed by atoms with Crippen molar-refractivity contribution in [3.8, 4) is 0 Å². The summed E-state index contributed by atoms with van der Waals surface area (Å²) in [6.45, 7) is 8.58. The number of ether oxygens (including phenoxy) is 1. The van der Waals surface area contributed by atoms with Gasteiger partial charge in [-0.2, -0.15) is 0 Å². The summed E-state index contributed by atoms with van der Waals surface area (Å²) >= 11 is 0. The van der Waals surface area contributed by atoms with Gasteiger partial charge in [-0.1, -0.05) is 6.92 Å². The SMILES string of the molecule is CCC(C)N(C)CC1(CNC)CCOC1. The predicted octanol–water partition coefficient (Wildman–Crippen LogP) is 1.34. The number of nitrogens with one attached hydrogen (secondary N) is 1. The lowest BCUT2D eigenvalue weighted by molar-refractivity contribution is 0.105. The van der Waals surface area contributed by atoms with Crippen LogP contribution in [0.25, 0.3) is 0 Å². The fourth-order valence-electron chi connectivity index (χ4n) is 2.34. The zero-order chi connectivity index (χ0) is 11.3. The Morgan fingerprint density at radius 1 is 1.53 bits per heavy atom. The van der Waals surface area contributed by atoms with Crippen LogP contribution in [0, 0.1) is 5.41 Å². The third-order valence-corrected chi connectivity index (χ3v) is 3.66. The molecule has 0 aromatic rings. The molecule has 1 saturated heterocycles. The van der Waals surface area contributed by atoms with E-state index in [9.17, 15) is 0 Å². The maximum Gasteiger partial charge on any atom is 0.0547 e. The van der Waals surface area contributed by atoms with Gasteiger partial charge in [0.05, 0.1) is 6.61 Å². The first-order chi connectivity index (χ1) is 7.13. The second-order valence-electron chi connectivity index (χ2n) is 5.01. The first-order valence-corrected chi connectivity index (χ1v) is 6.06. The topological polar surface area (TPSA) is 24.5 Å². The van der Waals surface area contributed by atoms with Gasteiger partial charge in [0.1, 0.15) is 0 Å². The minimum atomic E-state index is 0.340. The van der Waals surface area contributed by atoms with E-state index in [2.05, 4.69) is 31.1 Å². The first-order valence-electron chi connectivity index (χ1n) is 6.06. The lowest BCUT2D eigenvalue weighted by atomic mass is 9.86. The molecular weight excluding hydrogens is 188 g/mol. The van der Waals surface area contributed by atoms with Crippen LogP contribution in [0.15, 0.2) is 0 Å². The molecular formula is C12H26N2O. The zero-order valence-corrected chi connectivity index (χ0v) is 10.7. The van der Waals surface area contributed by atoms with Gasteiger partial charge in [-0.05, 0) is 33.9 Å². The number of nitrogens with zero attached hydrogens (tertiary/aromatic N) is 1. The second kappa shape index (κ2) is 5.83. The Kier molecular flexibility index (Phi) is 5.03. The van der Waals surface area contributed by atoms with Crippen LogP contribution >= 0.6 is 0 Å². The van der Waals surface area contributed by atoms with Crippen molar-refractivity contribution in [3.05, 3.63) is 0 Å².